The fourth-order valence-corrected chi connectivity index (χ4v) is 2.11. The van der Waals surface area contributed by atoms with Gasteiger partial charge in [0.2, 0.25) is 11.7 Å². The molecule has 0 saturated heterocycles. The van der Waals surface area contributed by atoms with Gasteiger partial charge in [-0.15, -0.1) is 12.4 Å². The Bertz CT molecular complexity index is 511. The molecule has 1 aromatic carbocycles. The molecule has 1 rings (SSSR count). The first-order valence-electron chi connectivity index (χ1n) is 7.31. The van der Waals surface area contributed by atoms with E-state index in [1.807, 2.05) is 19.9 Å². The van der Waals surface area contributed by atoms with Crippen LogP contribution in [-0.2, 0) is 11.3 Å². The fraction of sp³-hybridized carbons (Fsp3) is 0.562. The van der Waals surface area contributed by atoms with Gasteiger partial charge in [-0.1, -0.05) is 20.3 Å². The van der Waals surface area contributed by atoms with Crippen LogP contribution in [0.15, 0.2) is 12.1 Å². The number of carbonyl (C=O) groups excluding carboxylic acids is 1. The Hall–Kier alpha value is -1.66. The number of benzene rings is 1. The molecule has 0 fully saturated rings. The van der Waals surface area contributed by atoms with Crippen LogP contribution in [0.2, 0.25) is 0 Å². The van der Waals surface area contributed by atoms with Gasteiger partial charge in [-0.05, 0) is 18.1 Å². The van der Waals surface area contributed by atoms with E-state index in [0.717, 1.165) is 12.0 Å². The molecule has 0 aliphatic carbocycles. The van der Waals surface area contributed by atoms with Crippen molar-refractivity contribution >= 4 is 18.3 Å². The first-order chi connectivity index (χ1) is 10.5. The summed E-state index contributed by atoms with van der Waals surface area (Å²) >= 11 is 0. The van der Waals surface area contributed by atoms with Crippen molar-refractivity contribution < 1.29 is 19.0 Å². The number of halogens is 1. The highest BCUT2D eigenvalue weighted by molar-refractivity contribution is 5.85. The first-order valence-corrected chi connectivity index (χ1v) is 7.31. The van der Waals surface area contributed by atoms with Gasteiger partial charge in [0.25, 0.3) is 0 Å². The smallest absolute Gasteiger partial charge is 0.237 e. The predicted octanol–water partition coefficient (Wildman–Crippen LogP) is 2.12. The fourth-order valence-electron chi connectivity index (χ4n) is 2.11. The largest absolute Gasteiger partial charge is 0.493 e. The summed E-state index contributed by atoms with van der Waals surface area (Å²) in [5.41, 5.74) is 6.72. The normalized spacial score (nSPS) is 12.6. The number of rotatable bonds is 8. The SMILES string of the molecule is CCC(C)C(N)C(=O)NCc1ccc(OC)c(OC)c1OC.Cl. The second kappa shape index (κ2) is 10.2. The lowest BCUT2D eigenvalue weighted by molar-refractivity contribution is -0.123. The molecule has 132 valence electrons. The van der Waals surface area contributed by atoms with Gasteiger partial charge in [0.05, 0.1) is 27.4 Å². The van der Waals surface area contributed by atoms with Gasteiger partial charge in [-0.3, -0.25) is 4.79 Å². The van der Waals surface area contributed by atoms with Gasteiger partial charge in [0.15, 0.2) is 11.5 Å². The van der Waals surface area contributed by atoms with E-state index in [1.54, 1.807) is 27.4 Å². The minimum atomic E-state index is -0.517. The van der Waals surface area contributed by atoms with Gasteiger partial charge in [0.1, 0.15) is 0 Å². The number of hydrogen-bond acceptors (Lipinski definition) is 5. The second-order valence-electron chi connectivity index (χ2n) is 5.12. The van der Waals surface area contributed by atoms with Crippen molar-refractivity contribution in [3.05, 3.63) is 17.7 Å². The quantitative estimate of drug-likeness (QED) is 0.753. The zero-order valence-corrected chi connectivity index (χ0v) is 15.2. The summed E-state index contributed by atoms with van der Waals surface area (Å²) < 4.78 is 15.9. The van der Waals surface area contributed by atoms with E-state index in [4.69, 9.17) is 19.9 Å². The molecule has 1 amide bonds. The maximum Gasteiger partial charge on any atom is 0.237 e. The van der Waals surface area contributed by atoms with Crippen LogP contribution in [0.5, 0.6) is 17.2 Å². The monoisotopic (exact) mass is 346 g/mol. The maximum absolute atomic E-state index is 12.1. The molecule has 0 aliphatic heterocycles. The maximum atomic E-state index is 12.1. The van der Waals surface area contributed by atoms with Crippen LogP contribution in [0, 0.1) is 5.92 Å². The minimum Gasteiger partial charge on any atom is -0.493 e. The lowest BCUT2D eigenvalue weighted by atomic mass is 9.99. The van der Waals surface area contributed by atoms with Crippen LogP contribution < -0.4 is 25.3 Å². The first kappa shape index (κ1) is 21.3. The molecule has 2 atom stereocenters. The molecule has 0 saturated carbocycles. The highest BCUT2D eigenvalue weighted by atomic mass is 35.5. The number of carbonyl (C=O) groups is 1. The number of amides is 1. The lowest BCUT2D eigenvalue weighted by Crippen LogP contribution is -2.44. The number of nitrogens with two attached hydrogens (primary N) is 1. The number of ether oxygens (including phenoxy) is 3. The topological polar surface area (TPSA) is 82.8 Å². The number of hydrogen-bond donors (Lipinski definition) is 2. The van der Waals surface area contributed by atoms with Crippen LogP contribution in [0.1, 0.15) is 25.8 Å². The third kappa shape index (κ3) is 5.18. The van der Waals surface area contributed by atoms with E-state index < -0.39 is 6.04 Å². The van der Waals surface area contributed by atoms with Crippen LogP contribution in [-0.4, -0.2) is 33.3 Å². The molecule has 23 heavy (non-hydrogen) atoms. The summed E-state index contributed by atoms with van der Waals surface area (Å²) in [6.45, 7) is 4.28. The number of nitrogens with one attached hydrogen (secondary N) is 1. The average molecular weight is 347 g/mol. The summed E-state index contributed by atoms with van der Waals surface area (Å²) in [7, 11) is 4.65. The van der Waals surface area contributed by atoms with Gasteiger partial charge in [-0.2, -0.15) is 0 Å². The van der Waals surface area contributed by atoms with Gasteiger partial charge in [-0.25, -0.2) is 0 Å². The van der Waals surface area contributed by atoms with Crippen molar-refractivity contribution in [1.29, 1.82) is 0 Å². The molecule has 1 aromatic rings. The Labute approximate surface area is 144 Å². The van der Waals surface area contributed by atoms with E-state index in [2.05, 4.69) is 5.32 Å². The predicted molar refractivity (Wildman–Crippen MR) is 92.6 cm³/mol. The number of methoxy groups -OCH3 is 3. The zero-order valence-electron chi connectivity index (χ0n) is 14.3. The Morgan fingerprint density at radius 1 is 1.17 bits per heavy atom. The van der Waals surface area contributed by atoms with Crippen molar-refractivity contribution in [2.45, 2.75) is 32.9 Å². The van der Waals surface area contributed by atoms with Crippen molar-refractivity contribution in [2.24, 2.45) is 11.7 Å². The van der Waals surface area contributed by atoms with Gasteiger partial charge < -0.3 is 25.3 Å². The molecule has 0 heterocycles. The lowest BCUT2D eigenvalue weighted by Gasteiger charge is -2.19. The van der Waals surface area contributed by atoms with E-state index >= 15 is 0 Å². The summed E-state index contributed by atoms with van der Waals surface area (Å²) in [4.78, 5) is 12.1. The highest BCUT2D eigenvalue weighted by Crippen LogP contribution is 2.39. The van der Waals surface area contributed by atoms with Gasteiger partial charge >= 0.3 is 0 Å². The summed E-state index contributed by atoms with van der Waals surface area (Å²) in [5.74, 6) is 1.58. The highest BCUT2D eigenvalue weighted by Gasteiger charge is 2.20. The zero-order chi connectivity index (χ0) is 16.7. The van der Waals surface area contributed by atoms with E-state index in [1.165, 1.54) is 0 Å². The Kier molecular flexibility index (Phi) is 9.44. The van der Waals surface area contributed by atoms with Crippen molar-refractivity contribution in [1.82, 2.24) is 5.32 Å². The van der Waals surface area contributed by atoms with Crippen LogP contribution in [0.3, 0.4) is 0 Å². The third-order valence-electron chi connectivity index (χ3n) is 3.80. The standard InChI is InChI=1S/C16H26N2O4.ClH/c1-6-10(2)13(17)16(19)18-9-11-7-8-12(20-3)15(22-5)14(11)21-4;/h7-8,10,13H,6,9,17H2,1-5H3,(H,18,19);1H. The molecule has 0 spiro atoms. The molecule has 3 N–H and O–H groups in total. The molecule has 0 radical (unpaired) electrons. The molecule has 7 heteroatoms. The summed E-state index contributed by atoms with van der Waals surface area (Å²) in [6, 6.07) is 3.09. The van der Waals surface area contributed by atoms with Crippen LogP contribution in [0.4, 0.5) is 0 Å². The molecular formula is C16H27ClN2O4. The molecule has 6 nitrogen and oxygen atoms in total. The van der Waals surface area contributed by atoms with Gasteiger partial charge in [0, 0.05) is 12.1 Å². The van der Waals surface area contributed by atoms with Crippen molar-refractivity contribution in [3.63, 3.8) is 0 Å². The average Bonchev–Trinajstić information content (AvgIpc) is 2.56. The van der Waals surface area contributed by atoms with Crippen LogP contribution >= 0.6 is 12.4 Å². The van der Waals surface area contributed by atoms with Crippen molar-refractivity contribution in [3.8, 4) is 17.2 Å². The molecule has 2 unspecified atom stereocenters. The van der Waals surface area contributed by atoms with E-state index in [0.29, 0.717) is 23.8 Å². The summed E-state index contributed by atoms with van der Waals surface area (Å²) in [5, 5.41) is 2.84. The summed E-state index contributed by atoms with van der Waals surface area (Å²) in [6.07, 6.45) is 0.855. The Morgan fingerprint density at radius 3 is 2.26 bits per heavy atom. The van der Waals surface area contributed by atoms with E-state index in [9.17, 15) is 4.79 Å². The molecule has 0 aliphatic rings. The molecule has 0 bridgehead atoms. The molecular weight excluding hydrogens is 320 g/mol. The minimum absolute atomic E-state index is 0. The Morgan fingerprint density at radius 2 is 1.78 bits per heavy atom. The third-order valence-corrected chi connectivity index (χ3v) is 3.80. The van der Waals surface area contributed by atoms with E-state index in [-0.39, 0.29) is 24.2 Å². The van der Waals surface area contributed by atoms with Crippen LogP contribution in [0.25, 0.3) is 0 Å². The van der Waals surface area contributed by atoms with Crippen molar-refractivity contribution in [2.75, 3.05) is 21.3 Å². The second-order valence-corrected chi connectivity index (χ2v) is 5.12. The Balaban J connectivity index is 0.00000484. The molecule has 0 aromatic heterocycles.